The summed E-state index contributed by atoms with van der Waals surface area (Å²) in [5.41, 5.74) is -0.776. The molecule has 1 aromatic rings. The van der Waals surface area contributed by atoms with Crippen LogP contribution in [0.5, 0.6) is 0 Å². The standard InChI is InChI=1S/C10H15ClN2O/c1-7(10(2,3)14)13-9-5-4-8(11)6-12-9/h4-7,14H,1-3H3,(H,12,13). The van der Waals surface area contributed by atoms with Crippen LogP contribution in [-0.2, 0) is 0 Å². The van der Waals surface area contributed by atoms with Gasteiger partial charge in [-0.2, -0.15) is 0 Å². The van der Waals surface area contributed by atoms with Gasteiger partial charge in [0.25, 0.3) is 0 Å². The maximum atomic E-state index is 9.69. The third kappa shape index (κ3) is 3.16. The second-order valence-electron chi connectivity index (χ2n) is 3.88. The van der Waals surface area contributed by atoms with Gasteiger partial charge in [0.2, 0.25) is 0 Å². The molecule has 78 valence electrons. The molecule has 0 aromatic carbocycles. The fourth-order valence-corrected chi connectivity index (χ4v) is 0.971. The Balaban J connectivity index is 2.65. The van der Waals surface area contributed by atoms with Gasteiger partial charge in [-0.25, -0.2) is 4.98 Å². The lowest BCUT2D eigenvalue weighted by molar-refractivity contribution is 0.0648. The van der Waals surface area contributed by atoms with Crippen LogP contribution in [0.2, 0.25) is 5.02 Å². The molecule has 1 unspecified atom stereocenters. The molecule has 0 aliphatic carbocycles. The molecule has 2 N–H and O–H groups in total. The number of rotatable bonds is 3. The lowest BCUT2D eigenvalue weighted by atomic mass is 10.0. The van der Waals surface area contributed by atoms with Crippen molar-refractivity contribution in [2.75, 3.05) is 5.32 Å². The Bertz CT molecular complexity index is 292. The van der Waals surface area contributed by atoms with E-state index in [9.17, 15) is 5.11 Å². The van der Waals surface area contributed by atoms with E-state index in [4.69, 9.17) is 11.6 Å². The average molecular weight is 215 g/mol. The predicted octanol–water partition coefficient (Wildman–Crippen LogP) is 2.31. The Kier molecular flexibility index (Phi) is 3.34. The summed E-state index contributed by atoms with van der Waals surface area (Å²) in [5.74, 6) is 0.712. The zero-order valence-electron chi connectivity index (χ0n) is 8.58. The van der Waals surface area contributed by atoms with E-state index < -0.39 is 5.60 Å². The van der Waals surface area contributed by atoms with E-state index in [1.165, 1.54) is 0 Å². The molecule has 0 amide bonds. The van der Waals surface area contributed by atoms with Crippen molar-refractivity contribution in [1.82, 2.24) is 4.98 Å². The summed E-state index contributed by atoms with van der Waals surface area (Å²) in [6, 6.07) is 3.47. The fourth-order valence-electron chi connectivity index (χ4n) is 0.860. The third-order valence-corrected chi connectivity index (χ3v) is 2.38. The van der Waals surface area contributed by atoms with E-state index >= 15 is 0 Å². The van der Waals surface area contributed by atoms with Crippen molar-refractivity contribution in [1.29, 1.82) is 0 Å². The number of halogens is 1. The molecule has 3 nitrogen and oxygen atoms in total. The largest absolute Gasteiger partial charge is 0.388 e. The predicted molar refractivity (Wildman–Crippen MR) is 58.6 cm³/mol. The van der Waals surface area contributed by atoms with Gasteiger partial charge in [-0.1, -0.05) is 11.6 Å². The number of pyridine rings is 1. The maximum Gasteiger partial charge on any atom is 0.126 e. The van der Waals surface area contributed by atoms with Gasteiger partial charge in [0.05, 0.1) is 16.7 Å². The molecular weight excluding hydrogens is 200 g/mol. The minimum Gasteiger partial charge on any atom is -0.388 e. The molecule has 1 atom stereocenters. The van der Waals surface area contributed by atoms with Crippen molar-refractivity contribution in [3.8, 4) is 0 Å². The number of hydrogen-bond donors (Lipinski definition) is 2. The monoisotopic (exact) mass is 214 g/mol. The van der Waals surface area contributed by atoms with Crippen LogP contribution >= 0.6 is 11.6 Å². The highest BCUT2D eigenvalue weighted by Gasteiger charge is 2.21. The highest BCUT2D eigenvalue weighted by molar-refractivity contribution is 6.30. The minimum atomic E-state index is -0.776. The highest BCUT2D eigenvalue weighted by Crippen LogP contribution is 2.15. The Morgan fingerprint density at radius 1 is 1.50 bits per heavy atom. The quantitative estimate of drug-likeness (QED) is 0.812. The average Bonchev–Trinajstić information content (AvgIpc) is 2.07. The van der Waals surface area contributed by atoms with Crippen molar-refractivity contribution in [3.05, 3.63) is 23.4 Å². The van der Waals surface area contributed by atoms with Crippen LogP contribution in [0.15, 0.2) is 18.3 Å². The van der Waals surface area contributed by atoms with Crippen molar-refractivity contribution in [3.63, 3.8) is 0 Å². The van der Waals surface area contributed by atoms with Crippen LogP contribution in [0, 0.1) is 0 Å². The molecule has 1 aromatic heterocycles. The van der Waals surface area contributed by atoms with Crippen molar-refractivity contribution < 1.29 is 5.11 Å². The first kappa shape index (κ1) is 11.3. The van der Waals surface area contributed by atoms with E-state index in [-0.39, 0.29) is 6.04 Å². The number of hydrogen-bond acceptors (Lipinski definition) is 3. The van der Waals surface area contributed by atoms with Crippen LogP contribution in [0.3, 0.4) is 0 Å². The van der Waals surface area contributed by atoms with Gasteiger partial charge in [-0.05, 0) is 32.9 Å². The van der Waals surface area contributed by atoms with Gasteiger partial charge in [-0.15, -0.1) is 0 Å². The number of anilines is 1. The van der Waals surface area contributed by atoms with Crippen LogP contribution in [0.4, 0.5) is 5.82 Å². The van der Waals surface area contributed by atoms with E-state index in [2.05, 4.69) is 10.3 Å². The van der Waals surface area contributed by atoms with Crippen LogP contribution in [-0.4, -0.2) is 21.7 Å². The van der Waals surface area contributed by atoms with Gasteiger partial charge in [-0.3, -0.25) is 0 Å². The van der Waals surface area contributed by atoms with Gasteiger partial charge >= 0.3 is 0 Å². The Morgan fingerprint density at radius 3 is 2.57 bits per heavy atom. The van der Waals surface area contributed by atoms with Crippen LogP contribution in [0.25, 0.3) is 0 Å². The smallest absolute Gasteiger partial charge is 0.126 e. The van der Waals surface area contributed by atoms with Gasteiger partial charge in [0.1, 0.15) is 5.82 Å². The minimum absolute atomic E-state index is 0.0730. The summed E-state index contributed by atoms with van der Waals surface area (Å²) in [6.45, 7) is 5.40. The number of aromatic nitrogens is 1. The normalized spacial score (nSPS) is 13.8. The number of nitrogens with one attached hydrogen (secondary N) is 1. The van der Waals surface area contributed by atoms with Gasteiger partial charge < -0.3 is 10.4 Å². The van der Waals surface area contributed by atoms with E-state index in [0.717, 1.165) is 0 Å². The zero-order chi connectivity index (χ0) is 10.8. The molecule has 0 bridgehead atoms. The summed E-state index contributed by atoms with van der Waals surface area (Å²) < 4.78 is 0. The fraction of sp³-hybridized carbons (Fsp3) is 0.500. The molecule has 0 aliphatic rings. The molecule has 0 radical (unpaired) electrons. The number of aliphatic hydroxyl groups is 1. The first-order valence-electron chi connectivity index (χ1n) is 4.50. The highest BCUT2D eigenvalue weighted by atomic mass is 35.5. The first-order valence-corrected chi connectivity index (χ1v) is 4.88. The Hall–Kier alpha value is -0.800. The van der Waals surface area contributed by atoms with Gasteiger partial charge in [0, 0.05) is 6.20 Å². The van der Waals surface area contributed by atoms with Crippen molar-refractivity contribution in [2.24, 2.45) is 0 Å². The van der Waals surface area contributed by atoms with Crippen molar-refractivity contribution in [2.45, 2.75) is 32.4 Å². The SMILES string of the molecule is CC(Nc1ccc(Cl)cn1)C(C)(C)O. The van der Waals surface area contributed by atoms with E-state index in [0.29, 0.717) is 10.8 Å². The third-order valence-electron chi connectivity index (χ3n) is 2.15. The molecular formula is C10H15ClN2O. The molecule has 1 rings (SSSR count). The lowest BCUT2D eigenvalue weighted by Crippen LogP contribution is -2.39. The summed E-state index contributed by atoms with van der Waals surface area (Å²) in [5, 5.41) is 13.4. The molecule has 4 heteroatoms. The zero-order valence-corrected chi connectivity index (χ0v) is 9.34. The summed E-state index contributed by atoms with van der Waals surface area (Å²) in [4.78, 5) is 4.08. The maximum absolute atomic E-state index is 9.69. The van der Waals surface area contributed by atoms with Crippen molar-refractivity contribution >= 4 is 17.4 Å². The first-order chi connectivity index (χ1) is 6.39. The summed E-state index contributed by atoms with van der Waals surface area (Å²) in [6.07, 6.45) is 1.57. The molecule has 0 saturated carbocycles. The van der Waals surface area contributed by atoms with Crippen LogP contribution < -0.4 is 5.32 Å². The Labute approximate surface area is 89.1 Å². The van der Waals surface area contributed by atoms with Crippen LogP contribution in [0.1, 0.15) is 20.8 Å². The molecule has 0 spiro atoms. The summed E-state index contributed by atoms with van der Waals surface area (Å²) >= 11 is 5.70. The van der Waals surface area contributed by atoms with Gasteiger partial charge in [0.15, 0.2) is 0 Å². The lowest BCUT2D eigenvalue weighted by Gasteiger charge is -2.27. The number of nitrogens with zero attached hydrogens (tertiary/aromatic N) is 1. The molecule has 0 fully saturated rings. The molecule has 0 saturated heterocycles. The summed E-state index contributed by atoms with van der Waals surface area (Å²) in [7, 11) is 0. The molecule has 14 heavy (non-hydrogen) atoms. The molecule has 1 heterocycles. The second kappa shape index (κ2) is 4.15. The van der Waals surface area contributed by atoms with E-state index in [1.54, 1.807) is 32.2 Å². The van der Waals surface area contributed by atoms with E-state index in [1.807, 2.05) is 6.92 Å². The second-order valence-corrected chi connectivity index (χ2v) is 4.32. The Morgan fingerprint density at radius 2 is 2.14 bits per heavy atom. The topological polar surface area (TPSA) is 45.2 Å². The molecule has 0 aliphatic heterocycles.